The summed E-state index contributed by atoms with van der Waals surface area (Å²) in [5.41, 5.74) is 8.24. The molecule has 0 bridgehead atoms. The number of ether oxygens (including phenoxy) is 2. The molecule has 2 N–H and O–H groups in total. The zero-order chi connectivity index (χ0) is 13.8. The van der Waals surface area contributed by atoms with E-state index in [2.05, 4.69) is 9.97 Å². The molecule has 0 atom stereocenters. The van der Waals surface area contributed by atoms with E-state index in [0.717, 1.165) is 17.0 Å². The number of benzene rings is 1. The fourth-order valence-corrected chi connectivity index (χ4v) is 1.71. The molecule has 5 heteroatoms. The van der Waals surface area contributed by atoms with Crippen LogP contribution >= 0.6 is 0 Å². The number of hydrogen-bond acceptors (Lipinski definition) is 5. The van der Waals surface area contributed by atoms with Gasteiger partial charge in [0, 0.05) is 12.2 Å². The lowest BCUT2D eigenvalue weighted by Gasteiger charge is -2.10. The minimum absolute atomic E-state index is 0.280. The third-order valence-corrected chi connectivity index (χ3v) is 2.62. The van der Waals surface area contributed by atoms with Gasteiger partial charge >= 0.3 is 6.01 Å². The fraction of sp³-hybridized carbons (Fsp3) is 0.286. The average Bonchev–Trinajstić information content (AvgIpc) is 2.40. The highest BCUT2D eigenvalue weighted by Crippen LogP contribution is 2.30. The molecule has 0 aliphatic rings. The van der Waals surface area contributed by atoms with Crippen LogP contribution in [0.15, 0.2) is 24.3 Å². The minimum Gasteiger partial charge on any atom is -0.493 e. The van der Waals surface area contributed by atoms with Crippen molar-refractivity contribution in [3.63, 3.8) is 0 Å². The zero-order valence-corrected chi connectivity index (χ0v) is 11.3. The molecule has 1 aromatic carbocycles. The Kier molecular flexibility index (Phi) is 3.97. The summed E-state index contributed by atoms with van der Waals surface area (Å²) < 4.78 is 11.0. The topological polar surface area (TPSA) is 70.3 Å². The Morgan fingerprint density at radius 3 is 2.58 bits per heavy atom. The molecule has 0 spiro atoms. The lowest BCUT2D eigenvalue weighted by molar-refractivity contribution is 0.366. The SMILES string of the molecule is COc1cc(C)ccc1Oc1nc(C)cc(CN)n1. The van der Waals surface area contributed by atoms with Crippen LogP contribution in [0.5, 0.6) is 17.5 Å². The van der Waals surface area contributed by atoms with Crippen LogP contribution in [0.4, 0.5) is 0 Å². The van der Waals surface area contributed by atoms with Crippen molar-refractivity contribution in [2.75, 3.05) is 7.11 Å². The number of rotatable bonds is 4. The molecule has 0 aliphatic carbocycles. The molecule has 19 heavy (non-hydrogen) atoms. The molecule has 100 valence electrons. The second-order valence-electron chi connectivity index (χ2n) is 4.24. The Labute approximate surface area is 112 Å². The zero-order valence-electron chi connectivity index (χ0n) is 11.3. The van der Waals surface area contributed by atoms with Gasteiger partial charge < -0.3 is 15.2 Å². The van der Waals surface area contributed by atoms with Gasteiger partial charge in [0.25, 0.3) is 0 Å². The van der Waals surface area contributed by atoms with E-state index in [1.807, 2.05) is 38.1 Å². The summed E-state index contributed by atoms with van der Waals surface area (Å²) in [4.78, 5) is 8.46. The summed E-state index contributed by atoms with van der Waals surface area (Å²) in [6.07, 6.45) is 0. The van der Waals surface area contributed by atoms with Gasteiger partial charge in [0.1, 0.15) is 0 Å². The maximum atomic E-state index is 5.68. The van der Waals surface area contributed by atoms with Crippen LogP contribution in [0.25, 0.3) is 0 Å². The first kappa shape index (κ1) is 13.3. The average molecular weight is 259 g/mol. The predicted octanol–water partition coefficient (Wildman–Crippen LogP) is 2.35. The van der Waals surface area contributed by atoms with Crippen molar-refractivity contribution in [2.45, 2.75) is 20.4 Å². The van der Waals surface area contributed by atoms with Crippen LogP contribution in [0.2, 0.25) is 0 Å². The maximum absolute atomic E-state index is 5.68. The molecule has 1 aromatic heterocycles. The van der Waals surface area contributed by atoms with E-state index in [1.165, 1.54) is 0 Å². The first-order valence-electron chi connectivity index (χ1n) is 5.99. The summed E-state index contributed by atoms with van der Waals surface area (Å²) >= 11 is 0. The maximum Gasteiger partial charge on any atom is 0.322 e. The number of aryl methyl sites for hydroxylation is 2. The van der Waals surface area contributed by atoms with E-state index in [9.17, 15) is 0 Å². The first-order valence-corrected chi connectivity index (χ1v) is 5.99. The van der Waals surface area contributed by atoms with E-state index < -0.39 is 0 Å². The number of methoxy groups -OCH3 is 1. The lowest BCUT2D eigenvalue weighted by atomic mass is 10.2. The van der Waals surface area contributed by atoms with Crippen molar-refractivity contribution >= 4 is 0 Å². The van der Waals surface area contributed by atoms with Crippen molar-refractivity contribution < 1.29 is 9.47 Å². The Morgan fingerprint density at radius 1 is 1.11 bits per heavy atom. The largest absolute Gasteiger partial charge is 0.493 e. The molecule has 5 nitrogen and oxygen atoms in total. The fourth-order valence-electron chi connectivity index (χ4n) is 1.71. The molecule has 0 saturated carbocycles. The third-order valence-electron chi connectivity index (χ3n) is 2.62. The van der Waals surface area contributed by atoms with E-state index >= 15 is 0 Å². The summed E-state index contributed by atoms with van der Waals surface area (Å²) in [5.74, 6) is 1.24. The first-order chi connectivity index (χ1) is 9.12. The van der Waals surface area contributed by atoms with Gasteiger partial charge in [0.2, 0.25) is 0 Å². The van der Waals surface area contributed by atoms with E-state index in [0.29, 0.717) is 18.0 Å². The normalized spacial score (nSPS) is 10.3. The highest BCUT2D eigenvalue weighted by molar-refractivity contribution is 5.43. The van der Waals surface area contributed by atoms with Crippen LogP contribution in [0.3, 0.4) is 0 Å². The standard InChI is InChI=1S/C14H17N3O2/c1-9-4-5-12(13(6-9)18-3)19-14-16-10(2)7-11(8-15)17-14/h4-7H,8,15H2,1-3H3. The number of aromatic nitrogens is 2. The van der Waals surface area contributed by atoms with Crippen molar-refractivity contribution in [3.05, 3.63) is 41.2 Å². The molecule has 0 saturated heterocycles. The van der Waals surface area contributed by atoms with Gasteiger partial charge in [0.05, 0.1) is 12.8 Å². The lowest BCUT2D eigenvalue weighted by Crippen LogP contribution is -2.04. The third kappa shape index (κ3) is 3.20. The summed E-state index contributed by atoms with van der Waals surface area (Å²) in [7, 11) is 1.60. The van der Waals surface area contributed by atoms with Gasteiger partial charge in [-0.15, -0.1) is 0 Å². The second-order valence-corrected chi connectivity index (χ2v) is 4.24. The quantitative estimate of drug-likeness (QED) is 0.912. The summed E-state index contributed by atoms with van der Waals surface area (Å²) in [5, 5.41) is 0. The van der Waals surface area contributed by atoms with Crippen LogP contribution in [0.1, 0.15) is 17.0 Å². The molecule has 0 radical (unpaired) electrons. The number of nitrogens with two attached hydrogens (primary N) is 1. The molecule has 0 fully saturated rings. The molecule has 2 aromatic rings. The highest BCUT2D eigenvalue weighted by Gasteiger charge is 2.09. The van der Waals surface area contributed by atoms with Crippen LogP contribution < -0.4 is 15.2 Å². The van der Waals surface area contributed by atoms with Gasteiger partial charge in [-0.05, 0) is 37.6 Å². The van der Waals surface area contributed by atoms with Gasteiger partial charge in [-0.25, -0.2) is 4.98 Å². The van der Waals surface area contributed by atoms with Crippen molar-refractivity contribution in [3.8, 4) is 17.5 Å². The van der Waals surface area contributed by atoms with Gasteiger partial charge in [-0.2, -0.15) is 4.98 Å². The molecular formula is C14H17N3O2. The molecule has 0 amide bonds. The Morgan fingerprint density at radius 2 is 1.89 bits per heavy atom. The van der Waals surface area contributed by atoms with Gasteiger partial charge in [-0.1, -0.05) is 6.07 Å². The van der Waals surface area contributed by atoms with E-state index in [1.54, 1.807) is 7.11 Å². The summed E-state index contributed by atoms with van der Waals surface area (Å²) in [6.45, 7) is 4.22. The van der Waals surface area contributed by atoms with Crippen molar-refractivity contribution in [1.82, 2.24) is 9.97 Å². The van der Waals surface area contributed by atoms with E-state index in [-0.39, 0.29) is 6.01 Å². The second kappa shape index (κ2) is 5.67. The smallest absolute Gasteiger partial charge is 0.322 e. The number of hydrogen-bond donors (Lipinski definition) is 1. The van der Waals surface area contributed by atoms with Crippen LogP contribution in [-0.4, -0.2) is 17.1 Å². The highest BCUT2D eigenvalue weighted by atomic mass is 16.5. The molecule has 2 rings (SSSR count). The van der Waals surface area contributed by atoms with Crippen molar-refractivity contribution in [1.29, 1.82) is 0 Å². The predicted molar refractivity (Wildman–Crippen MR) is 72.5 cm³/mol. The van der Waals surface area contributed by atoms with Gasteiger partial charge in [0.15, 0.2) is 11.5 Å². The Hall–Kier alpha value is -2.14. The van der Waals surface area contributed by atoms with Crippen LogP contribution in [0, 0.1) is 13.8 Å². The molecule has 1 heterocycles. The monoisotopic (exact) mass is 259 g/mol. The molecular weight excluding hydrogens is 242 g/mol. The Bertz CT molecular complexity index is 585. The van der Waals surface area contributed by atoms with Crippen molar-refractivity contribution in [2.24, 2.45) is 5.73 Å². The summed E-state index contributed by atoms with van der Waals surface area (Å²) in [6, 6.07) is 7.79. The number of nitrogens with zero attached hydrogens (tertiary/aromatic N) is 2. The van der Waals surface area contributed by atoms with Crippen LogP contribution in [-0.2, 0) is 6.54 Å². The minimum atomic E-state index is 0.280. The molecule has 0 aliphatic heterocycles. The Balaban J connectivity index is 2.33. The molecule has 0 unspecified atom stereocenters. The van der Waals surface area contributed by atoms with Gasteiger partial charge in [-0.3, -0.25) is 0 Å². The van der Waals surface area contributed by atoms with E-state index in [4.69, 9.17) is 15.2 Å².